The maximum atomic E-state index is 13.7. The van der Waals surface area contributed by atoms with Crippen LogP contribution in [0.5, 0.6) is 0 Å². The molecule has 0 bridgehead atoms. The number of aryl methyl sites for hydroxylation is 1. The average Bonchev–Trinajstić information content (AvgIpc) is 3.30. The van der Waals surface area contributed by atoms with Crippen molar-refractivity contribution in [2.24, 2.45) is 0 Å². The molecule has 3 aromatic rings. The summed E-state index contributed by atoms with van der Waals surface area (Å²) in [5, 5.41) is 9.12. The predicted molar refractivity (Wildman–Crippen MR) is 124 cm³/mol. The molecule has 31 heavy (non-hydrogen) atoms. The molecule has 0 spiro atoms. The standard InChI is InChI=1S/C24H22N4O2S/c1-17-13-20(15-26-21(17)14-25)27(2)23(29)24(10-4-11-24)28(16-31)19-8-6-18(7-9-19)22-5-3-12-30-22/h3,5-9,12-13,15-16H,4,10-11H2,1-2H3. The van der Waals surface area contributed by atoms with Gasteiger partial charge < -0.3 is 14.2 Å². The average molecular weight is 431 g/mol. The molecule has 0 atom stereocenters. The number of likely N-dealkylation sites (N-methyl/N-ethyl adjacent to an activating group) is 1. The Morgan fingerprint density at radius 3 is 2.52 bits per heavy atom. The summed E-state index contributed by atoms with van der Waals surface area (Å²) in [6.07, 6.45) is 5.59. The molecule has 7 heteroatoms. The molecule has 1 aliphatic carbocycles. The van der Waals surface area contributed by atoms with Gasteiger partial charge in [0.1, 0.15) is 23.1 Å². The fourth-order valence-electron chi connectivity index (χ4n) is 4.00. The minimum Gasteiger partial charge on any atom is -0.464 e. The molecule has 4 rings (SSSR count). The first-order valence-electron chi connectivity index (χ1n) is 10.0. The van der Waals surface area contributed by atoms with Gasteiger partial charge in [-0.05, 0) is 74.2 Å². The van der Waals surface area contributed by atoms with E-state index in [4.69, 9.17) is 21.9 Å². The van der Waals surface area contributed by atoms with Crippen molar-refractivity contribution in [3.8, 4) is 17.4 Å². The van der Waals surface area contributed by atoms with Crippen LogP contribution in [0.3, 0.4) is 0 Å². The summed E-state index contributed by atoms with van der Waals surface area (Å²) >= 11 is 5.36. The third-order valence-electron chi connectivity index (χ3n) is 5.96. The van der Waals surface area contributed by atoms with Crippen molar-refractivity contribution >= 4 is 35.0 Å². The van der Waals surface area contributed by atoms with Gasteiger partial charge >= 0.3 is 0 Å². The van der Waals surface area contributed by atoms with Crippen molar-refractivity contribution in [2.45, 2.75) is 31.7 Å². The first-order chi connectivity index (χ1) is 15.0. The molecular formula is C24H22N4O2S. The summed E-state index contributed by atoms with van der Waals surface area (Å²) in [4.78, 5) is 21.3. The second-order valence-corrected chi connectivity index (χ2v) is 7.93. The normalized spacial score (nSPS) is 14.2. The quantitative estimate of drug-likeness (QED) is 0.520. The summed E-state index contributed by atoms with van der Waals surface area (Å²) in [6, 6.07) is 15.5. The molecule has 2 aromatic heterocycles. The van der Waals surface area contributed by atoms with Gasteiger partial charge in [0.25, 0.3) is 5.91 Å². The summed E-state index contributed by atoms with van der Waals surface area (Å²) in [6.45, 7) is 1.82. The number of pyridine rings is 1. The molecular weight excluding hydrogens is 408 g/mol. The highest BCUT2D eigenvalue weighted by atomic mass is 32.1. The zero-order valence-electron chi connectivity index (χ0n) is 17.4. The first-order valence-corrected chi connectivity index (χ1v) is 10.5. The zero-order chi connectivity index (χ0) is 22.0. The number of rotatable bonds is 6. The van der Waals surface area contributed by atoms with Crippen LogP contribution >= 0.6 is 12.2 Å². The van der Waals surface area contributed by atoms with E-state index in [9.17, 15) is 4.79 Å². The number of carbonyl (C=O) groups is 1. The van der Waals surface area contributed by atoms with Gasteiger partial charge in [0.05, 0.1) is 23.6 Å². The summed E-state index contributed by atoms with van der Waals surface area (Å²) in [5.74, 6) is 0.749. The van der Waals surface area contributed by atoms with Crippen molar-refractivity contribution < 1.29 is 9.21 Å². The van der Waals surface area contributed by atoms with E-state index in [0.29, 0.717) is 24.2 Å². The molecule has 1 saturated carbocycles. The van der Waals surface area contributed by atoms with Crippen LogP contribution in [0.1, 0.15) is 30.5 Å². The van der Waals surface area contributed by atoms with E-state index in [0.717, 1.165) is 29.0 Å². The van der Waals surface area contributed by atoms with Crippen molar-refractivity contribution in [2.75, 3.05) is 16.8 Å². The number of hydrogen-bond donors (Lipinski definition) is 0. The number of anilines is 2. The SMILES string of the molecule is Cc1cc(N(C)C(=O)C2(N(C=S)c3ccc(-c4ccco4)cc3)CCC2)cnc1C#N. The summed E-state index contributed by atoms with van der Waals surface area (Å²) in [5.41, 5.74) is 4.41. The lowest BCUT2D eigenvalue weighted by Gasteiger charge is -2.49. The molecule has 156 valence electrons. The van der Waals surface area contributed by atoms with E-state index in [2.05, 4.69) is 11.1 Å². The van der Waals surface area contributed by atoms with E-state index in [1.54, 1.807) is 29.9 Å². The van der Waals surface area contributed by atoms with Crippen LogP contribution in [-0.4, -0.2) is 29.0 Å². The van der Waals surface area contributed by atoms with E-state index < -0.39 is 5.54 Å². The summed E-state index contributed by atoms with van der Waals surface area (Å²) in [7, 11) is 1.74. The Morgan fingerprint density at radius 2 is 2.00 bits per heavy atom. The third-order valence-corrected chi connectivity index (χ3v) is 6.17. The molecule has 6 nitrogen and oxygen atoms in total. The van der Waals surface area contributed by atoms with E-state index in [-0.39, 0.29) is 5.91 Å². The number of carbonyl (C=O) groups excluding carboxylic acids is 1. The number of furan rings is 1. The lowest BCUT2D eigenvalue weighted by molar-refractivity contribution is -0.125. The van der Waals surface area contributed by atoms with Crippen molar-refractivity contribution in [3.05, 3.63) is 66.2 Å². The van der Waals surface area contributed by atoms with Crippen molar-refractivity contribution in [3.63, 3.8) is 0 Å². The maximum absolute atomic E-state index is 13.7. The smallest absolute Gasteiger partial charge is 0.253 e. The van der Waals surface area contributed by atoms with Crippen molar-refractivity contribution in [1.82, 2.24) is 4.98 Å². The number of amides is 1. The number of nitriles is 1. The largest absolute Gasteiger partial charge is 0.464 e. The Bertz CT molecular complexity index is 1150. The predicted octanol–water partition coefficient (Wildman–Crippen LogP) is 4.87. The Hall–Kier alpha value is -3.50. The van der Waals surface area contributed by atoms with Gasteiger partial charge in [-0.25, -0.2) is 4.98 Å². The Morgan fingerprint density at radius 1 is 1.26 bits per heavy atom. The van der Waals surface area contributed by atoms with Gasteiger partial charge in [0.2, 0.25) is 0 Å². The van der Waals surface area contributed by atoms with Gasteiger partial charge in [0, 0.05) is 18.3 Å². The first kappa shape index (κ1) is 20.8. The highest BCUT2D eigenvalue weighted by Gasteiger charge is 2.50. The molecule has 1 aliphatic rings. The van der Waals surface area contributed by atoms with Crippen molar-refractivity contribution in [1.29, 1.82) is 5.26 Å². The Kier molecular flexibility index (Phi) is 5.57. The lowest BCUT2D eigenvalue weighted by atomic mass is 9.74. The van der Waals surface area contributed by atoms with Crippen LogP contribution < -0.4 is 9.80 Å². The number of thiocarbonyl (C=S) groups is 1. The van der Waals surface area contributed by atoms with Crippen LogP contribution in [0.25, 0.3) is 11.3 Å². The topological polar surface area (TPSA) is 73.4 Å². The highest BCUT2D eigenvalue weighted by molar-refractivity contribution is 7.79. The molecule has 0 radical (unpaired) electrons. The fourth-order valence-corrected chi connectivity index (χ4v) is 4.32. The molecule has 0 unspecified atom stereocenters. The number of benzene rings is 1. The monoisotopic (exact) mass is 430 g/mol. The zero-order valence-corrected chi connectivity index (χ0v) is 18.2. The van der Waals surface area contributed by atoms with Crippen LogP contribution in [0, 0.1) is 18.3 Å². The van der Waals surface area contributed by atoms with E-state index >= 15 is 0 Å². The van der Waals surface area contributed by atoms with E-state index in [1.807, 2.05) is 54.3 Å². The van der Waals surface area contributed by atoms with Gasteiger partial charge in [-0.15, -0.1) is 0 Å². The Labute approximate surface area is 186 Å². The van der Waals surface area contributed by atoms with Crippen LogP contribution in [0.2, 0.25) is 0 Å². The number of hydrogen-bond acceptors (Lipinski definition) is 5. The fraction of sp³-hybridized carbons (Fsp3) is 0.250. The van der Waals surface area contributed by atoms with Crippen LogP contribution in [0.15, 0.2) is 59.3 Å². The highest BCUT2D eigenvalue weighted by Crippen LogP contribution is 2.42. The molecule has 0 N–H and O–H groups in total. The second kappa shape index (κ2) is 8.32. The van der Waals surface area contributed by atoms with E-state index in [1.165, 1.54) is 0 Å². The summed E-state index contributed by atoms with van der Waals surface area (Å²) < 4.78 is 5.46. The molecule has 1 fully saturated rings. The third kappa shape index (κ3) is 3.60. The minimum atomic E-state index is -0.732. The molecule has 0 saturated heterocycles. The Balaban J connectivity index is 1.63. The van der Waals surface area contributed by atoms with Crippen LogP contribution in [-0.2, 0) is 4.79 Å². The maximum Gasteiger partial charge on any atom is 0.253 e. The van der Waals surface area contributed by atoms with Gasteiger partial charge in [-0.2, -0.15) is 5.26 Å². The molecule has 2 heterocycles. The lowest BCUT2D eigenvalue weighted by Crippen LogP contribution is -2.63. The molecule has 1 amide bonds. The van der Waals surface area contributed by atoms with Crippen LogP contribution in [0.4, 0.5) is 11.4 Å². The van der Waals surface area contributed by atoms with Gasteiger partial charge in [0.15, 0.2) is 0 Å². The number of nitrogens with zero attached hydrogens (tertiary/aromatic N) is 4. The molecule has 1 aromatic carbocycles. The minimum absolute atomic E-state index is 0.0409. The van der Waals surface area contributed by atoms with Gasteiger partial charge in [-0.3, -0.25) is 4.79 Å². The number of aromatic nitrogens is 1. The molecule has 0 aliphatic heterocycles. The second-order valence-electron chi connectivity index (χ2n) is 7.72. The van der Waals surface area contributed by atoms with Gasteiger partial charge in [-0.1, -0.05) is 12.2 Å².